The third-order valence-corrected chi connectivity index (χ3v) is 3.18. The van der Waals surface area contributed by atoms with Crippen molar-refractivity contribution in [3.8, 4) is 5.75 Å². The Balaban J connectivity index is 2.10. The standard InChI is InChI=1S/C14H16O3/c1-17-12-6-2-4-10(9-12)8-11-5-3-7-13(11)14(15)16/h2,4,6-7,9,11H,3,5,8H2,1H3,(H,15,16)/t11-/m1/s1. The highest BCUT2D eigenvalue weighted by molar-refractivity contribution is 5.87. The molecule has 0 amide bonds. The van der Waals surface area contributed by atoms with Gasteiger partial charge >= 0.3 is 5.97 Å². The van der Waals surface area contributed by atoms with Crippen LogP contribution in [0.4, 0.5) is 0 Å². The monoisotopic (exact) mass is 232 g/mol. The number of benzene rings is 1. The summed E-state index contributed by atoms with van der Waals surface area (Å²) in [4.78, 5) is 11.0. The van der Waals surface area contributed by atoms with Crippen molar-refractivity contribution in [2.45, 2.75) is 19.3 Å². The molecule has 3 heteroatoms. The fraction of sp³-hybridized carbons (Fsp3) is 0.357. The van der Waals surface area contributed by atoms with Crippen molar-refractivity contribution < 1.29 is 14.6 Å². The molecule has 90 valence electrons. The maximum Gasteiger partial charge on any atom is 0.331 e. The predicted molar refractivity (Wildman–Crippen MR) is 65.1 cm³/mol. The Morgan fingerprint density at radius 1 is 1.53 bits per heavy atom. The van der Waals surface area contributed by atoms with Crippen LogP contribution in [0.2, 0.25) is 0 Å². The van der Waals surface area contributed by atoms with Crippen LogP contribution in [0.3, 0.4) is 0 Å². The van der Waals surface area contributed by atoms with Crippen molar-refractivity contribution in [2.75, 3.05) is 7.11 Å². The minimum Gasteiger partial charge on any atom is -0.497 e. The molecule has 1 aliphatic rings. The van der Waals surface area contributed by atoms with Crippen LogP contribution in [0.5, 0.6) is 5.75 Å². The van der Waals surface area contributed by atoms with E-state index in [9.17, 15) is 4.79 Å². The maximum absolute atomic E-state index is 11.0. The fourth-order valence-corrected chi connectivity index (χ4v) is 2.32. The number of rotatable bonds is 4. The number of hydrogen-bond donors (Lipinski definition) is 1. The van der Waals surface area contributed by atoms with Gasteiger partial charge in [-0.15, -0.1) is 0 Å². The van der Waals surface area contributed by atoms with Gasteiger partial charge in [-0.3, -0.25) is 0 Å². The molecule has 2 rings (SSSR count). The molecule has 17 heavy (non-hydrogen) atoms. The largest absolute Gasteiger partial charge is 0.497 e. The maximum atomic E-state index is 11.0. The smallest absolute Gasteiger partial charge is 0.331 e. The van der Waals surface area contributed by atoms with Crippen LogP contribution in [0.15, 0.2) is 35.9 Å². The molecule has 0 fully saturated rings. The lowest BCUT2D eigenvalue weighted by molar-refractivity contribution is -0.133. The van der Waals surface area contributed by atoms with Crippen LogP contribution in [0.25, 0.3) is 0 Å². The second-order valence-corrected chi connectivity index (χ2v) is 4.29. The zero-order chi connectivity index (χ0) is 12.3. The highest BCUT2D eigenvalue weighted by Crippen LogP contribution is 2.29. The van der Waals surface area contributed by atoms with Gasteiger partial charge in [0.2, 0.25) is 0 Å². The minimum atomic E-state index is -0.782. The molecule has 0 saturated heterocycles. The normalized spacial score (nSPS) is 18.9. The number of hydrogen-bond acceptors (Lipinski definition) is 2. The average Bonchev–Trinajstić information content (AvgIpc) is 2.77. The molecule has 0 spiro atoms. The summed E-state index contributed by atoms with van der Waals surface area (Å²) in [6.45, 7) is 0. The first-order valence-electron chi connectivity index (χ1n) is 5.77. The molecule has 0 saturated carbocycles. The van der Waals surface area contributed by atoms with Crippen LogP contribution in [0.1, 0.15) is 18.4 Å². The van der Waals surface area contributed by atoms with E-state index in [1.807, 2.05) is 30.3 Å². The molecular formula is C14H16O3. The Labute approximate surface area is 101 Å². The summed E-state index contributed by atoms with van der Waals surface area (Å²) < 4.78 is 5.16. The van der Waals surface area contributed by atoms with Crippen LogP contribution in [-0.2, 0) is 11.2 Å². The predicted octanol–water partition coefficient (Wildman–Crippen LogP) is 2.66. The second-order valence-electron chi connectivity index (χ2n) is 4.29. The number of ether oxygens (including phenoxy) is 1. The van der Waals surface area contributed by atoms with E-state index in [0.717, 1.165) is 30.6 Å². The molecule has 1 N–H and O–H groups in total. The zero-order valence-electron chi connectivity index (χ0n) is 9.85. The Hall–Kier alpha value is -1.77. The topological polar surface area (TPSA) is 46.5 Å². The number of carboxylic acid groups (broad SMARTS) is 1. The summed E-state index contributed by atoms with van der Waals surface area (Å²) in [5.41, 5.74) is 1.69. The Morgan fingerprint density at radius 2 is 2.35 bits per heavy atom. The van der Waals surface area contributed by atoms with Gasteiger partial charge in [-0.2, -0.15) is 0 Å². The van der Waals surface area contributed by atoms with Gasteiger partial charge < -0.3 is 9.84 Å². The number of aliphatic carboxylic acids is 1. The lowest BCUT2D eigenvalue weighted by Gasteiger charge is -2.12. The van der Waals surface area contributed by atoms with Crippen molar-refractivity contribution in [3.63, 3.8) is 0 Å². The van der Waals surface area contributed by atoms with Gasteiger partial charge in [-0.1, -0.05) is 18.2 Å². The summed E-state index contributed by atoms with van der Waals surface area (Å²) in [6.07, 6.45) is 4.41. The Morgan fingerprint density at radius 3 is 3.06 bits per heavy atom. The van der Waals surface area contributed by atoms with E-state index in [2.05, 4.69) is 0 Å². The molecule has 0 unspecified atom stereocenters. The van der Waals surface area contributed by atoms with Crippen LogP contribution in [-0.4, -0.2) is 18.2 Å². The summed E-state index contributed by atoms with van der Waals surface area (Å²) in [5.74, 6) is 0.177. The molecule has 0 bridgehead atoms. The Kier molecular flexibility index (Phi) is 3.47. The van der Waals surface area contributed by atoms with Gasteiger partial charge in [0.1, 0.15) is 5.75 Å². The first-order chi connectivity index (χ1) is 8.20. The molecule has 3 nitrogen and oxygen atoms in total. The van der Waals surface area contributed by atoms with E-state index in [-0.39, 0.29) is 5.92 Å². The van der Waals surface area contributed by atoms with Gasteiger partial charge in [0.05, 0.1) is 7.11 Å². The number of carboxylic acids is 1. The van der Waals surface area contributed by atoms with Crippen LogP contribution in [0, 0.1) is 5.92 Å². The summed E-state index contributed by atoms with van der Waals surface area (Å²) in [6, 6.07) is 7.82. The second kappa shape index (κ2) is 5.04. The Bertz CT molecular complexity index is 449. The summed E-state index contributed by atoms with van der Waals surface area (Å²) in [5, 5.41) is 9.07. The van der Waals surface area contributed by atoms with Gasteiger partial charge in [0.15, 0.2) is 0 Å². The van der Waals surface area contributed by atoms with E-state index in [1.54, 1.807) is 7.11 Å². The summed E-state index contributed by atoms with van der Waals surface area (Å²) in [7, 11) is 1.64. The molecule has 0 aliphatic heterocycles. The molecule has 1 aliphatic carbocycles. The molecule has 0 aromatic heterocycles. The van der Waals surface area contributed by atoms with E-state index in [0.29, 0.717) is 5.57 Å². The van der Waals surface area contributed by atoms with Crippen molar-refractivity contribution in [2.24, 2.45) is 5.92 Å². The highest BCUT2D eigenvalue weighted by Gasteiger charge is 2.24. The van der Waals surface area contributed by atoms with Gasteiger partial charge in [0.25, 0.3) is 0 Å². The lowest BCUT2D eigenvalue weighted by Crippen LogP contribution is -2.11. The third-order valence-electron chi connectivity index (χ3n) is 3.18. The van der Waals surface area contributed by atoms with Crippen LogP contribution >= 0.6 is 0 Å². The van der Waals surface area contributed by atoms with Gasteiger partial charge in [0, 0.05) is 5.57 Å². The van der Waals surface area contributed by atoms with Gasteiger partial charge in [-0.25, -0.2) is 4.79 Å². The highest BCUT2D eigenvalue weighted by atomic mass is 16.5. The first-order valence-corrected chi connectivity index (χ1v) is 5.77. The molecular weight excluding hydrogens is 216 g/mol. The van der Waals surface area contributed by atoms with Gasteiger partial charge in [-0.05, 0) is 42.9 Å². The van der Waals surface area contributed by atoms with Crippen molar-refractivity contribution in [3.05, 3.63) is 41.5 Å². The third kappa shape index (κ3) is 2.67. The van der Waals surface area contributed by atoms with Crippen molar-refractivity contribution in [1.29, 1.82) is 0 Å². The van der Waals surface area contributed by atoms with E-state index in [4.69, 9.17) is 9.84 Å². The quantitative estimate of drug-likeness (QED) is 0.868. The number of carbonyl (C=O) groups is 1. The molecule has 0 heterocycles. The fourth-order valence-electron chi connectivity index (χ4n) is 2.32. The first kappa shape index (κ1) is 11.7. The number of methoxy groups -OCH3 is 1. The molecule has 1 aromatic rings. The molecule has 1 aromatic carbocycles. The van der Waals surface area contributed by atoms with Crippen LogP contribution < -0.4 is 4.74 Å². The number of allylic oxidation sites excluding steroid dienone is 1. The van der Waals surface area contributed by atoms with Crippen molar-refractivity contribution in [1.82, 2.24) is 0 Å². The van der Waals surface area contributed by atoms with E-state index >= 15 is 0 Å². The zero-order valence-corrected chi connectivity index (χ0v) is 9.85. The average molecular weight is 232 g/mol. The molecule has 1 atom stereocenters. The SMILES string of the molecule is COc1cccc(C[C@H]2CCC=C2C(=O)O)c1. The van der Waals surface area contributed by atoms with E-state index in [1.165, 1.54) is 0 Å². The summed E-state index contributed by atoms with van der Waals surface area (Å²) >= 11 is 0. The lowest BCUT2D eigenvalue weighted by atomic mass is 9.93. The minimum absolute atomic E-state index is 0.139. The van der Waals surface area contributed by atoms with Crippen molar-refractivity contribution >= 4 is 5.97 Å². The molecule has 0 radical (unpaired) electrons. The van der Waals surface area contributed by atoms with E-state index < -0.39 is 5.97 Å².